The Bertz CT molecular complexity index is 551. The van der Waals surface area contributed by atoms with E-state index in [-0.39, 0.29) is 12.4 Å². The first kappa shape index (κ1) is 12.6. The van der Waals surface area contributed by atoms with Gasteiger partial charge in [-0.15, -0.1) is 11.3 Å². The van der Waals surface area contributed by atoms with Gasteiger partial charge < -0.3 is 9.47 Å². The van der Waals surface area contributed by atoms with Crippen LogP contribution in [0.2, 0.25) is 0 Å². The molecule has 0 atom stereocenters. The Morgan fingerprint density at radius 2 is 2.11 bits per heavy atom. The number of carbonyl (C=O) groups excluding carboxylic acids is 1. The molecule has 0 saturated heterocycles. The highest BCUT2D eigenvalue weighted by atomic mass is 32.1. The van der Waals surface area contributed by atoms with Crippen molar-refractivity contribution >= 4 is 17.3 Å². The molecule has 1 heterocycles. The maximum absolute atomic E-state index is 13.4. The van der Waals surface area contributed by atoms with Crippen LogP contribution in [0.3, 0.4) is 0 Å². The maximum Gasteiger partial charge on any atom is 0.351 e. The molecule has 18 heavy (non-hydrogen) atoms. The molecule has 0 fully saturated rings. The third-order valence-corrected chi connectivity index (χ3v) is 3.22. The van der Waals surface area contributed by atoms with Crippen molar-refractivity contribution in [3.63, 3.8) is 0 Å². The average Bonchev–Trinajstić information content (AvgIpc) is 2.85. The molecule has 1 aromatic heterocycles. The van der Waals surface area contributed by atoms with Crippen LogP contribution < -0.4 is 4.74 Å². The first-order chi connectivity index (χ1) is 8.72. The van der Waals surface area contributed by atoms with Crippen LogP contribution >= 0.6 is 11.3 Å². The molecule has 2 rings (SSSR count). The van der Waals surface area contributed by atoms with Crippen molar-refractivity contribution in [3.05, 3.63) is 52.0 Å². The number of methoxy groups -OCH3 is 1. The zero-order valence-electron chi connectivity index (χ0n) is 9.68. The fraction of sp³-hybridized carbons (Fsp3) is 0.154. The third-order valence-electron chi connectivity index (χ3n) is 2.34. The zero-order chi connectivity index (χ0) is 13.0. The molecule has 3 nitrogen and oxygen atoms in total. The lowest BCUT2D eigenvalue weighted by molar-refractivity contribution is 0.0601. The molecular weight excluding hydrogens is 255 g/mol. The summed E-state index contributed by atoms with van der Waals surface area (Å²) in [6.07, 6.45) is 0. The van der Waals surface area contributed by atoms with Crippen molar-refractivity contribution < 1.29 is 18.7 Å². The second kappa shape index (κ2) is 5.64. The van der Waals surface area contributed by atoms with E-state index in [2.05, 4.69) is 4.74 Å². The second-order valence-corrected chi connectivity index (χ2v) is 4.40. The van der Waals surface area contributed by atoms with E-state index in [1.54, 1.807) is 29.6 Å². The Morgan fingerprint density at radius 3 is 2.83 bits per heavy atom. The number of thiophene rings is 1. The Morgan fingerprint density at radius 1 is 1.33 bits per heavy atom. The number of hydrogen-bond donors (Lipinski definition) is 0. The molecule has 0 aliphatic rings. The van der Waals surface area contributed by atoms with Crippen molar-refractivity contribution in [1.82, 2.24) is 0 Å². The molecule has 0 aliphatic carbocycles. The highest BCUT2D eigenvalue weighted by molar-refractivity contribution is 7.12. The molecule has 0 saturated carbocycles. The average molecular weight is 266 g/mol. The van der Waals surface area contributed by atoms with E-state index in [0.717, 1.165) is 0 Å². The van der Waals surface area contributed by atoms with Crippen LogP contribution in [0.15, 0.2) is 35.7 Å². The van der Waals surface area contributed by atoms with Crippen molar-refractivity contribution in [2.24, 2.45) is 0 Å². The normalized spacial score (nSPS) is 10.1. The van der Waals surface area contributed by atoms with E-state index in [0.29, 0.717) is 16.2 Å². The van der Waals surface area contributed by atoms with Gasteiger partial charge in [-0.1, -0.05) is 18.2 Å². The number of carbonyl (C=O) groups is 1. The molecule has 0 unspecified atom stereocenters. The van der Waals surface area contributed by atoms with E-state index in [9.17, 15) is 9.18 Å². The molecule has 2 aromatic rings. The number of hydrogen-bond acceptors (Lipinski definition) is 4. The molecule has 0 radical (unpaired) electrons. The lowest BCUT2D eigenvalue weighted by atomic mass is 10.2. The molecule has 5 heteroatoms. The number of halogens is 1. The van der Waals surface area contributed by atoms with Crippen molar-refractivity contribution in [2.75, 3.05) is 7.11 Å². The quantitative estimate of drug-likeness (QED) is 0.797. The van der Waals surface area contributed by atoms with Crippen LogP contribution in [0.25, 0.3) is 0 Å². The predicted octanol–water partition coefficient (Wildman–Crippen LogP) is 3.25. The highest BCUT2D eigenvalue weighted by Crippen LogP contribution is 2.26. The highest BCUT2D eigenvalue weighted by Gasteiger charge is 2.15. The van der Waals surface area contributed by atoms with Gasteiger partial charge in [0.15, 0.2) is 4.88 Å². The topological polar surface area (TPSA) is 35.5 Å². The molecule has 0 amide bonds. The maximum atomic E-state index is 13.4. The van der Waals surface area contributed by atoms with Crippen LogP contribution in [0, 0.1) is 5.82 Å². The van der Waals surface area contributed by atoms with E-state index >= 15 is 0 Å². The Kier molecular flexibility index (Phi) is 3.94. The lowest BCUT2D eigenvalue weighted by Gasteiger charge is -2.07. The van der Waals surface area contributed by atoms with Gasteiger partial charge in [0.05, 0.1) is 7.11 Å². The van der Waals surface area contributed by atoms with E-state index in [1.165, 1.54) is 24.5 Å². The Labute approximate surface area is 108 Å². The molecule has 0 spiro atoms. The van der Waals surface area contributed by atoms with Gasteiger partial charge >= 0.3 is 5.97 Å². The van der Waals surface area contributed by atoms with Crippen molar-refractivity contribution in [2.45, 2.75) is 6.61 Å². The van der Waals surface area contributed by atoms with Gasteiger partial charge in [0.25, 0.3) is 0 Å². The Hall–Kier alpha value is -1.88. The summed E-state index contributed by atoms with van der Waals surface area (Å²) in [7, 11) is 1.31. The van der Waals surface area contributed by atoms with Crippen LogP contribution in [0.5, 0.6) is 5.75 Å². The first-order valence-corrected chi connectivity index (χ1v) is 6.12. The van der Waals surface area contributed by atoms with E-state index in [4.69, 9.17) is 4.74 Å². The summed E-state index contributed by atoms with van der Waals surface area (Å²) in [5.74, 6) is -0.365. The van der Waals surface area contributed by atoms with Crippen LogP contribution in [-0.4, -0.2) is 13.1 Å². The minimum Gasteiger partial charge on any atom is -0.487 e. The molecular formula is C13H11FO3S. The van der Waals surface area contributed by atoms with Crippen LogP contribution in [-0.2, 0) is 11.3 Å². The van der Waals surface area contributed by atoms with Crippen molar-refractivity contribution in [1.29, 1.82) is 0 Å². The number of esters is 1. The summed E-state index contributed by atoms with van der Waals surface area (Å²) in [6.45, 7) is 0.0768. The number of ether oxygens (including phenoxy) is 2. The first-order valence-electron chi connectivity index (χ1n) is 5.24. The number of rotatable bonds is 4. The fourth-order valence-electron chi connectivity index (χ4n) is 1.42. The van der Waals surface area contributed by atoms with Crippen LogP contribution in [0.1, 0.15) is 15.2 Å². The summed E-state index contributed by atoms with van der Waals surface area (Å²) in [6, 6.07) is 8.02. The Balaban J connectivity index is 2.09. The lowest BCUT2D eigenvalue weighted by Crippen LogP contribution is -2.03. The van der Waals surface area contributed by atoms with Crippen LogP contribution in [0.4, 0.5) is 4.39 Å². The largest absolute Gasteiger partial charge is 0.487 e. The van der Waals surface area contributed by atoms with Gasteiger partial charge in [-0.25, -0.2) is 9.18 Å². The van der Waals surface area contributed by atoms with Gasteiger partial charge in [-0.2, -0.15) is 0 Å². The molecule has 94 valence electrons. The summed E-state index contributed by atoms with van der Waals surface area (Å²) in [5.41, 5.74) is 0.444. The third kappa shape index (κ3) is 2.68. The predicted molar refractivity (Wildman–Crippen MR) is 66.4 cm³/mol. The monoisotopic (exact) mass is 266 g/mol. The molecule has 0 aliphatic heterocycles. The SMILES string of the molecule is COC(=O)c1sccc1OCc1ccccc1F. The van der Waals surface area contributed by atoms with Gasteiger partial charge in [-0.3, -0.25) is 0 Å². The molecule has 1 aromatic carbocycles. The van der Waals surface area contributed by atoms with E-state index < -0.39 is 5.97 Å². The fourth-order valence-corrected chi connectivity index (χ4v) is 2.17. The zero-order valence-corrected chi connectivity index (χ0v) is 10.5. The minimum atomic E-state index is -0.450. The summed E-state index contributed by atoms with van der Waals surface area (Å²) < 4.78 is 23.4. The van der Waals surface area contributed by atoms with Crippen molar-refractivity contribution in [3.8, 4) is 5.75 Å². The second-order valence-electron chi connectivity index (χ2n) is 3.49. The van der Waals surface area contributed by atoms with Gasteiger partial charge in [0, 0.05) is 5.56 Å². The van der Waals surface area contributed by atoms with Gasteiger partial charge in [0.1, 0.15) is 18.2 Å². The molecule has 0 bridgehead atoms. The summed E-state index contributed by atoms with van der Waals surface area (Å²) >= 11 is 1.23. The number of benzene rings is 1. The van der Waals surface area contributed by atoms with Gasteiger partial charge in [0.2, 0.25) is 0 Å². The minimum absolute atomic E-state index is 0.0768. The van der Waals surface area contributed by atoms with Gasteiger partial charge in [-0.05, 0) is 17.5 Å². The standard InChI is InChI=1S/C13H11FO3S/c1-16-13(15)12-11(6-7-18-12)17-8-9-4-2-3-5-10(9)14/h2-7H,8H2,1H3. The summed E-state index contributed by atoms with van der Waals surface area (Å²) in [4.78, 5) is 11.8. The van der Waals surface area contributed by atoms with E-state index in [1.807, 2.05) is 0 Å². The summed E-state index contributed by atoms with van der Waals surface area (Å²) in [5, 5.41) is 1.73. The molecule has 0 N–H and O–H groups in total. The smallest absolute Gasteiger partial charge is 0.351 e.